The summed E-state index contributed by atoms with van der Waals surface area (Å²) in [5.74, 6) is -0.733. The van der Waals surface area contributed by atoms with Gasteiger partial charge in [0, 0.05) is 19.3 Å². The normalized spacial score (nSPS) is 12.2. The summed E-state index contributed by atoms with van der Waals surface area (Å²) in [5, 5.41) is 2.15. The molecule has 1 aliphatic heterocycles. The third-order valence-electron chi connectivity index (χ3n) is 3.58. The molecule has 2 heterocycles. The summed E-state index contributed by atoms with van der Waals surface area (Å²) in [4.78, 5) is 35.2. The molecule has 1 aliphatic rings. The van der Waals surface area contributed by atoms with E-state index in [1.807, 2.05) is 0 Å². The summed E-state index contributed by atoms with van der Waals surface area (Å²) < 4.78 is 16.8. The van der Waals surface area contributed by atoms with E-state index in [9.17, 15) is 14.4 Å². The number of aromatic nitrogens is 1. The minimum atomic E-state index is -0.707. The van der Waals surface area contributed by atoms with Crippen molar-refractivity contribution in [3.05, 3.63) is 53.9 Å². The minimum Gasteiger partial charge on any atom is -0.454 e. The van der Waals surface area contributed by atoms with Crippen molar-refractivity contribution in [3.63, 3.8) is 0 Å². The predicted octanol–water partition coefficient (Wildman–Crippen LogP) is 1.27. The molecule has 0 fully saturated rings. The van der Waals surface area contributed by atoms with Crippen LogP contribution >= 0.6 is 0 Å². The van der Waals surface area contributed by atoms with Gasteiger partial charge in [0.2, 0.25) is 6.79 Å². The summed E-state index contributed by atoms with van der Waals surface area (Å²) in [6.07, 6.45) is 4.39. The van der Waals surface area contributed by atoms with Gasteiger partial charge in [0.05, 0.1) is 0 Å². The number of carbonyl (C=O) groups is 3. The molecule has 134 valence electrons. The van der Waals surface area contributed by atoms with Crippen molar-refractivity contribution >= 4 is 23.9 Å². The Bertz CT molecular complexity index is 884. The largest absolute Gasteiger partial charge is 0.454 e. The monoisotopic (exact) mass is 356 g/mol. The standard InChI is InChI=1S/C18H16N2O6/c1-20-8-2-3-13(20)18(23)19-16(21)10-24-17(22)7-5-12-4-6-14-15(9-12)26-11-25-14/h2-9H,10-11H2,1H3,(H,19,21,23)/b7-5+. The third kappa shape index (κ3) is 4.10. The van der Waals surface area contributed by atoms with Crippen molar-refractivity contribution in [1.29, 1.82) is 0 Å². The Kier molecular flexibility index (Phi) is 5.02. The first-order chi connectivity index (χ1) is 12.5. The molecule has 8 nitrogen and oxygen atoms in total. The Morgan fingerprint density at radius 2 is 2.04 bits per heavy atom. The van der Waals surface area contributed by atoms with E-state index in [0.29, 0.717) is 17.2 Å². The minimum absolute atomic E-state index is 0.168. The van der Waals surface area contributed by atoms with Crippen LogP contribution in [-0.4, -0.2) is 35.8 Å². The van der Waals surface area contributed by atoms with E-state index in [-0.39, 0.29) is 6.79 Å². The van der Waals surface area contributed by atoms with Crippen molar-refractivity contribution in [3.8, 4) is 11.5 Å². The first-order valence-electron chi connectivity index (χ1n) is 7.73. The van der Waals surface area contributed by atoms with E-state index in [2.05, 4.69) is 5.32 Å². The Morgan fingerprint density at radius 3 is 2.81 bits per heavy atom. The van der Waals surface area contributed by atoms with Gasteiger partial charge < -0.3 is 18.8 Å². The fourth-order valence-corrected chi connectivity index (χ4v) is 2.29. The molecule has 0 saturated heterocycles. The molecule has 1 N–H and O–H groups in total. The van der Waals surface area contributed by atoms with Crippen molar-refractivity contribution < 1.29 is 28.6 Å². The van der Waals surface area contributed by atoms with Crippen LogP contribution in [0.2, 0.25) is 0 Å². The highest BCUT2D eigenvalue weighted by atomic mass is 16.7. The van der Waals surface area contributed by atoms with E-state index in [1.54, 1.807) is 48.1 Å². The number of nitrogens with one attached hydrogen (secondary N) is 1. The van der Waals surface area contributed by atoms with Crippen LogP contribution in [0, 0.1) is 0 Å². The second kappa shape index (κ2) is 7.56. The molecular formula is C18H16N2O6. The zero-order valence-corrected chi connectivity index (χ0v) is 13.9. The Labute approximate surface area is 149 Å². The Morgan fingerprint density at radius 1 is 1.23 bits per heavy atom. The quantitative estimate of drug-likeness (QED) is 0.640. The highest BCUT2D eigenvalue weighted by Crippen LogP contribution is 2.32. The van der Waals surface area contributed by atoms with Gasteiger partial charge >= 0.3 is 5.97 Å². The molecule has 8 heteroatoms. The molecule has 26 heavy (non-hydrogen) atoms. The lowest BCUT2D eigenvalue weighted by Gasteiger charge is -2.05. The Balaban J connectivity index is 1.47. The summed E-state index contributed by atoms with van der Waals surface area (Å²) in [6, 6.07) is 8.46. The molecule has 1 aromatic carbocycles. The highest BCUT2D eigenvalue weighted by molar-refractivity contribution is 6.04. The topological polar surface area (TPSA) is 95.9 Å². The number of esters is 1. The maximum atomic E-state index is 11.9. The molecular weight excluding hydrogens is 340 g/mol. The number of fused-ring (bicyclic) bond motifs is 1. The summed E-state index contributed by atoms with van der Waals surface area (Å²) in [6.45, 7) is -0.387. The molecule has 0 radical (unpaired) electrons. The van der Waals surface area contributed by atoms with Gasteiger partial charge in [-0.2, -0.15) is 0 Å². The van der Waals surface area contributed by atoms with Crippen LogP contribution in [-0.2, 0) is 21.4 Å². The van der Waals surface area contributed by atoms with Crippen molar-refractivity contribution in [2.45, 2.75) is 0 Å². The lowest BCUT2D eigenvalue weighted by molar-refractivity contribution is -0.143. The third-order valence-corrected chi connectivity index (χ3v) is 3.58. The fourth-order valence-electron chi connectivity index (χ4n) is 2.29. The molecule has 0 unspecified atom stereocenters. The first-order valence-corrected chi connectivity index (χ1v) is 7.73. The van der Waals surface area contributed by atoms with E-state index < -0.39 is 24.4 Å². The van der Waals surface area contributed by atoms with E-state index in [0.717, 1.165) is 5.56 Å². The number of imide groups is 1. The van der Waals surface area contributed by atoms with Gasteiger partial charge in [0.25, 0.3) is 11.8 Å². The number of carbonyl (C=O) groups excluding carboxylic acids is 3. The number of ether oxygens (including phenoxy) is 3. The van der Waals surface area contributed by atoms with Gasteiger partial charge in [0.1, 0.15) is 5.69 Å². The average molecular weight is 356 g/mol. The number of rotatable bonds is 5. The molecule has 0 saturated carbocycles. The lowest BCUT2D eigenvalue weighted by atomic mass is 10.2. The van der Waals surface area contributed by atoms with Gasteiger partial charge in [-0.15, -0.1) is 0 Å². The number of amides is 2. The van der Waals surface area contributed by atoms with Gasteiger partial charge in [-0.25, -0.2) is 4.79 Å². The van der Waals surface area contributed by atoms with Crippen LogP contribution in [0.1, 0.15) is 16.1 Å². The maximum Gasteiger partial charge on any atom is 0.331 e. The molecule has 1 aromatic heterocycles. The molecule has 0 atom stereocenters. The van der Waals surface area contributed by atoms with Gasteiger partial charge in [0.15, 0.2) is 18.1 Å². The molecule has 2 aromatic rings. The first kappa shape index (κ1) is 17.3. The van der Waals surface area contributed by atoms with Crippen LogP contribution in [0.4, 0.5) is 0 Å². The van der Waals surface area contributed by atoms with Gasteiger partial charge in [-0.3, -0.25) is 14.9 Å². The summed E-state index contributed by atoms with van der Waals surface area (Å²) in [7, 11) is 1.68. The summed E-state index contributed by atoms with van der Waals surface area (Å²) >= 11 is 0. The maximum absolute atomic E-state index is 11.9. The molecule has 3 rings (SSSR count). The number of nitrogens with zero attached hydrogens (tertiary/aromatic N) is 1. The van der Waals surface area contributed by atoms with Crippen LogP contribution < -0.4 is 14.8 Å². The van der Waals surface area contributed by atoms with Crippen LogP contribution in [0.15, 0.2) is 42.6 Å². The number of hydrogen-bond donors (Lipinski definition) is 1. The van der Waals surface area contributed by atoms with E-state index in [1.165, 1.54) is 12.2 Å². The van der Waals surface area contributed by atoms with Gasteiger partial charge in [-0.1, -0.05) is 6.07 Å². The fraction of sp³-hybridized carbons (Fsp3) is 0.167. The van der Waals surface area contributed by atoms with Crippen LogP contribution in [0.5, 0.6) is 11.5 Å². The molecule has 0 aliphatic carbocycles. The van der Waals surface area contributed by atoms with E-state index >= 15 is 0 Å². The number of benzene rings is 1. The van der Waals surface area contributed by atoms with Crippen LogP contribution in [0.25, 0.3) is 6.08 Å². The zero-order valence-electron chi connectivity index (χ0n) is 13.9. The number of hydrogen-bond acceptors (Lipinski definition) is 6. The van der Waals surface area contributed by atoms with Crippen molar-refractivity contribution in [1.82, 2.24) is 9.88 Å². The highest BCUT2D eigenvalue weighted by Gasteiger charge is 2.14. The predicted molar refractivity (Wildman–Crippen MR) is 90.4 cm³/mol. The lowest BCUT2D eigenvalue weighted by Crippen LogP contribution is -2.34. The summed E-state index contributed by atoms with van der Waals surface area (Å²) in [5.41, 5.74) is 1.04. The zero-order chi connectivity index (χ0) is 18.5. The Hall–Kier alpha value is -3.55. The smallest absolute Gasteiger partial charge is 0.331 e. The van der Waals surface area contributed by atoms with E-state index in [4.69, 9.17) is 14.2 Å². The van der Waals surface area contributed by atoms with Crippen molar-refractivity contribution in [2.75, 3.05) is 13.4 Å². The SMILES string of the molecule is Cn1cccc1C(=O)NC(=O)COC(=O)/C=C/c1ccc2c(c1)OCO2. The van der Waals surface area contributed by atoms with Crippen LogP contribution in [0.3, 0.4) is 0 Å². The molecule has 2 amide bonds. The average Bonchev–Trinajstić information content (AvgIpc) is 3.26. The second-order valence-corrected chi connectivity index (χ2v) is 5.44. The second-order valence-electron chi connectivity index (χ2n) is 5.44. The van der Waals surface area contributed by atoms with Crippen molar-refractivity contribution in [2.24, 2.45) is 7.05 Å². The molecule has 0 spiro atoms. The van der Waals surface area contributed by atoms with Gasteiger partial charge in [-0.05, 0) is 35.9 Å². The number of aryl methyl sites for hydroxylation is 1. The molecule has 0 bridgehead atoms.